The van der Waals surface area contributed by atoms with Crippen molar-refractivity contribution in [2.75, 3.05) is 6.54 Å². The summed E-state index contributed by atoms with van der Waals surface area (Å²) in [5.41, 5.74) is 3.53. The van der Waals surface area contributed by atoms with E-state index in [1.807, 2.05) is 24.3 Å². The van der Waals surface area contributed by atoms with Gasteiger partial charge in [-0.1, -0.05) is 36.4 Å². The van der Waals surface area contributed by atoms with Crippen LogP contribution in [0.25, 0.3) is 0 Å². The predicted octanol–water partition coefficient (Wildman–Crippen LogP) is 1.66. The Bertz CT molecular complexity index is 675. The van der Waals surface area contributed by atoms with Crippen molar-refractivity contribution in [2.24, 2.45) is 0 Å². The molecule has 3 rings (SSSR count). The first kappa shape index (κ1) is 15.8. The van der Waals surface area contributed by atoms with Crippen molar-refractivity contribution in [3.63, 3.8) is 0 Å². The highest BCUT2D eigenvalue weighted by molar-refractivity contribution is 6.61. The average Bonchev–Trinajstić information content (AvgIpc) is 2.96. The first-order chi connectivity index (χ1) is 11.2. The molecule has 1 heterocycles. The lowest BCUT2D eigenvalue weighted by molar-refractivity contribution is 0.0953. The maximum Gasteiger partial charge on any atom is 0.491 e. The van der Waals surface area contributed by atoms with Crippen molar-refractivity contribution in [3.05, 3.63) is 65.2 Å². The smallest absolute Gasteiger partial charge is 0.423 e. The van der Waals surface area contributed by atoms with Gasteiger partial charge in [0.2, 0.25) is 0 Å². The molecule has 1 aliphatic heterocycles. The fourth-order valence-corrected chi connectivity index (χ4v) is 2.76. The van der Waals surface area contributed by atoms with Crippen LogP contribution in [0.4, 0.5) is 0 Å². The molecule has 0 saturated heterocycles. The molecule has 1 aliphatic rings. The summed E-state index contributed by atoms with van der Waals surface area (Å²) in [6, 6.07) is 15.7. The third-order valence-corrected chi connectivity index (χ3v) is 4.09. The number of hydrogen-bond acceptors (Lipinski definition) is 3. The SMILES string of the molecule is O=C(NCCCCc1ccccc1)c1ccc2c(c1)B(O)OC2. The third kappa shape index (κ3) is 4.00. The van der Waals surface area contributed by atoms with E-state index in [0.29, 0.717) is 24.2 Å². The number of nitrogens with one attached hydrogen (secondary N) is 1. The number of benzene rings is 2. The summed E-state index contributed by atoms with van der Waals surface area (Å²) >= 11 is 0. The molecule has 0 saturated carbocycles. The van der Waals surface area contributed by atoms with Gasteiger partial charge in [-0.05, 0) is 48.0 Å². The van der Waals surface area contributed by atoms with E-state index in [9.17, 15) is 9.82 Å². The minimum absolute atomic E-state index is 0.105. The van der Waals surface area contributed by atoms with Gasteiger partial charge < -0.3 is 15.0 Å². The molecule has 0 unspecified atom stereocenters. The summed E-state index contributed by atoms with van der Waals surface area (Å²) in [5, 5.41) is 12.6. The molecule has 2 N–H and O–H groups in total. The van der Waals surface area contributed by atoms with Gasteiger partial charge in [0.1, 0.15) is 0 Å². The Balaban J connectivity index is 1.44. The first-order valence-corrected chi connectivity index (χ1v) is 7.98. The fraction of sp³-hybridized carbons (Fsp3) is 0.278. The molecule has 1 amide bonds. The van der Waals surface area contributed by atoms with Crippen LogP contribution in [0.15, 0.2) is 48.5 Å². The molecule has 5 heteroatoms. The summed E-state index contributed by atoms with van der Waals surface area (Å²) in [5.74, 6) is -0.105. The zero-order valence-electron chi connectivity index (χ0n) is 13.0. The topological polar surface area (TPSA) is 58.6 Å². The molecular weight excluding hydrogens is 289 g/mol. The number of aryl methyl sites for hydroxylation is 1. The Kier molecular flexibility index (Phi) is 5.10. The molecular formula is C18H20BNO3. The summed E-state index contributed by atoms with van der Waals surface area (Å²) in [7, 11) is -0.913. The highest BCUT2D eigenvalue weighted by Crippen LogP contribution is 2.11. The van der Waals surface area contributed by atoms with Gasteiger partial charge in [0.25, 0.3) is 5.91 Å². The number of carbonyl (C=O) groups is 1. The third-order valence-electron chi connectivity index (χ3n) is 4.09. The summed E-state index contributed by atoms with van der Waals surface area (Å²) < 4.78 is 5.14. The largest absolute Gasteiger partial charge is 0.491 e. The first-order valence-electron chi connectivity index (χ1n) is 7.98. The molecule has 23 heavy (non-hydrogen) atoms. The quantitative estimate of drug-likeness (QED) is 0.630. The van der Waals surface area contributed by atoms with Gasteiger partial charge in [-0.3, -0.25) is 4.79 Å². The highest BCUT2D eigenvalue weighted by Gasteiger charge is 2.27. The van der Waals surface area contributed by atoms with Crippen LogP contribution in [0.2, 0.25) is 0 Å². The fourth-order valence-electron chi connectivity index (χ4n) is 2.76. The van der Waals surface area contributed by atoms with Crippen molar-refractivity contribution in [2.45, 2.75) is 25.9 Å². The van der Waals surface area contributed by atoms with Gasteiger partial charge in [0.15, 0.2) is 0 Å². The van der Waals surface area contributed by atoms with E-state index in [2.05, 4.69) is 17.4 Å². The monoisotopic (exact) mass is 309 g/mol. The van der Waals surface area contributed by atoms with E-state index < -0.39 is 7.12 Å². The van der Waals surface area contributed by atoms with Crippen LogP contribution in [-0.2, 0) is 17.7 Å². The van der Waals surface area contributed by atoms with Gasteiger partial charge in [0, 0.05) is 12.1 Å². The molecule has 0 spiro atoms. The Morgan fingerprint density at radius 3 is 2.83 bits per heavy atom. The minimum atomic E-state index is -0.913. The van der Waals surface area contributed by atoms with Crippen LogP contribution in [0.3, 0.4) is 0 Å². The van der Waals surface area contributed by atoms with E-state index in [-0.39, 0.29) is 5.91 Å². The van der Waals surface area contributed by atoms with E-state index in [1.54, 1.807) is 12.1 Å². The molecule has 0 radical (unpaired) electrons. The number of rotatable bonds is 6. The van der Waals surface area contributed by atoms with E-state index in [4.69, 9.17) is 4.65 Å². The molecule has 0 atom stereocenters. The molecule has 2 aromatic carbocycles. The van der Waals surface area contributed by atoms with Gasteiger partial charge >= 0.3 is 7.12 Å². The van der Waals surface area contributed by atoms with Crippen LogP contribution in [0, 0.1) is 0 Å². The number of carbonyl (C=O) groups excluding carboxylic acids is 1. The second-order valence-electron chi connectivity index (χ2n) is 5.78. The summed E-state index contributed by atoms with van der Waals surface area (Å²) in [6.07, 6.45) is 3.01. The molecule has 4 nitrogen and oxygen atoms in total. The van der Waals surface area contributed by atoms with Gasteiger partial charge in [-0.25, -0.2) is 0 Å². The summed E-state index contributed by atoms with van der Waals surface area (Å²) in [6.45, 7) is 1.06. The zero-order chi connectivity index (χ0) is 16.1. The maximum absolute atomic E-state index is 12.2. The normalized spacial score (nSPS) is 13.0. The van der Waals surface area contributed by atoms with Crippen LogP contribution >= 0.6 is 0 Å². The van der Waals surface area contributed by atoms with Gasteiger partial charge in [-0.2, -0.15) is 0 Å². The lowest BCUT2D eigenvalue weighted by Crippen LogP contribution is -2.31. The van der Waals surface area contributed by atoms with Crippen molar-refractivity contribution < 1.29 is 14.5 Å². The molecule has 0 fully saturated rings. The number of fused-ring (bicyclic) bond motifs is 1. The maximum atomic E-state index is 12.2. The molecule has 0 aromatic heterocycles. The second kappa shape index (κ2) is 7.44. The number of amides is 1. The van der Waals surface area contributed by atoms with Gasteiger partial charge in [-0.15, -0.1) is 0 Å². The van der Waals surface area contributed by atoms with Crippen LogP contribution in [-0.4, -0.2) is 24.6 Å². The van der Waals surface area contributed by atoms with E-state index in [1.165, 1.54) is 5.56 Å². The number of unbranched alkanes of at least 4 members (excludes halogenated alkanes) is 1. The van der Waals surface area contributed by atoms with Crippen LogP contribution in [0.5, 0.6) is 0 Å². The Morgan fingerprint density at radius 1 is 1.17 bits per heavy atom. The van der Waals surface area contributed by atoms with Crippen molar-refractivity contribution in [1.82, 2.24) is 5.32 Å². The minimum Gasteiger partial charge on any atom is -0.423 e. The van der Waals surface area contributed by atoms with E-state index in [0.717, 1.165) is 24.8 Å². The Morgan fingerprint density at radius 2 is 2.00 bits per heavy atom. The van der Waals surface area contributed by atoms with Crippen LogP contribution < -0.4 is 10.8 Å². The zero-order valence-corrected chi connectivity index (χ0v) is 13.0. The molecule has 2 aromatic rings. The average molecular weight is 309 g/mol. The second-order valence-corrected chi connectivity index (χ2v) is 5.78. The molecule has 118 valence electrons. The van der Waals surface area contributed by atoms with Crippen LogP contribution in [0.1, 0.15) is 34.3 Å². The van der Waals surface area contributed by atoms with E-state index >= 15 is 0 Å². The van der Waals surface area contributed by atoms with Crippen molar-refractivity contribution >= 4 is 18.5 Å². The Hall–Kier alpha value is -2.11. The number of hydrogen-bond donors (Lipinski definition) is 2. The highest BCUT2D eigenvalue weighted by atomic mass is 16.5. The van der Waals surface area contributed by atoms with Crippen molar-refractivity contribution in [1.29, 1.82) is 0 Å². The summed E-state index contributed by atoms with van der Waals surface area (Å²) in [4.78, 5) is 12.2. The Labute approximate surface area is 136 Å². The molecule has 0 aliphatic carbocycles. The predicted molar refractivity (Wildman–Crippen MR) is 90.6 cm³/mol. The standard InChI is InChI=1S/C18H20BNO3/c21-18(15-9-10-16-13-23-19(22)17(16)12-15)20-11-5-4-8-14-6-2-1-3-7-14/h1-3,6-7,9-10,12,22H,4-5,8,11,13H2,(H,20,21). The lowest BCUT2D eigenvalue weighted by atomic mass is 9.79. The lowest BCUT2D eigenvalue weighted by Gasteiger charge is -2.07. The van der Waals surface area contributed by atoms with Gasteiger partial charge in [0.05, 0.1) is 6.61 Å². The van der Waals surface area contributed by atoms with Crippen molar-refractivity contribution in [3.8, 4) is 0 Å². The molecule has 0 bridgehead atoms.